The van der Waals surface area contributed by atoms with Crippen molar-refractivity contribution in [1.29, 1.82) is 0 Å². The highest BCUT2D eigenvalue weighted by Gasteiger charge is 2.29. The summed E-state index contributed by atoms with van der Waals surface area (Å²) in [5.41, 5.74) is 0.417. The van der Waals surface area contributed by atoms with Crippen molar-refractivity contribution in [2.45, 2.75) is 6.42 Å². The maximum Gasteiger partial charge on any atom is 0.352 e. The molecule has 0 aromatic heterocycles. The van der Waals surface area contributed by atoms with Gasteiger partial charge in [-0.3, -0.25) is 4.79 Å². The lowest BCUT2D eigenvalue weighted by Crippen LogP contribution is -2.19. The number of nitrogens with zero attached hydrogens (tertiary/aromatic N) is 2. The van der Waals surface area contributed by atoms with Gasteiger partial charge in [0.1, 0.15) is 0 Å². The number of carbonyl (C=O) groups excluding carboxylic acids is 1. The van der Waals surface area contributed by atoms with Gasteiger partial charge in [0.2, 0.25) is 0 Å². The summed E-state index contributed by atoms with van der Waals surface area (Å²) in [7, 11) is 0. The van der Waals surface area contributed by atoms with Crippen LogP contribution in [0.15, 0.2) is 33.8 Å². The van der Waals surface area contributed by atoms with Crippen molar-refractivity contribution >= 4 is 39.2 Å². The molecular formula is C10H7BrN2O3. The van der Waals surface area contributed by atoms with Crippen LogP contribution in [-0.4, -0.2) is 22.7 Å². The van der Waals surface area contributed by atoms with Crippen molar-refractivity contribution in [2.75, 3.05) is 5.01 Å². The van der Waals surface area contributed by atoms with E-state index in [0.717, 1.165) is 9.48 Å². The van der Waals surface area contributed by atoms with Gasteiger partial charge in [-0.05, 0) is 18.2 Å². The van der Waals surface area contributed by atoms with Crippen LogP contribution in [0, 0.1) is 0 Å². The maximum absolute atomic E-state index is 11.5. The molecule has 1 aliphatic rings. The quantitative estimate of drug-likeness (QED) is 0.896. The number of hydrazone groups is 1. The first-order valence-electron chi connectivity index (χ1n) is 4.47. The fourth-order valence-electron chi connectivity index (χ4n) is 1.36. The Hall–Kier alpha value is -1.69. The molecule has 1 N–H and O–H groups in total. The van der Waals surface area contributed by atoms with E-state index < -0.39 is 5.97 Å². The Morgan fingerprint density at radius 1 is 1.50 bits per heavy atom. The lowest BCUT2D eigenvalue weighted by molar-refractivity contribution is -0.129. The van der Waals surface area contributed by atoms with Crippen LogP contribution in [0.4, 0.5) is 5.69 Å². The molecular weight excluding hydrogens is 276 g/mol. The number of anilines is 1. The predicted molar refractivity (Wildman–Crippen MR) is 61.3 cm³/mol. The molecule has 16 heavy (non-hydrogen) atoms. The number of carboxylic acid groups (broad SMARTS) is 1. The van der Waals surface area contributed by atoms with Crippen LogP contribution in [0.5, 0.6) is 0 Å². The number of aliphatic carboxylic acids is 1. The number of amides is 1. The molecule has 0 saturated heterocycles. The molecule has 0 atom stereocenters. The molecule has 0 saturated carbocycles. The Bertz CT molecular complexity index is 499. The summed E-state index contributed by atoms with van der Waals surface area (Å²) in [5.74, 6) is -1.50. The number of halogens is 1. The molecule has 0 fully saturated rings. The molecule has 0 radical (unpaired) electrons. The van der Waals surface area contributed by atoms with Gasteiger partial charge in [-0.25, -0.2) is 4.79 Å². The minimum atomic E-state index is -1.16. The van der Waals surface area contributed by atoms with E-state index in [1.807, 2.05) is 6.07 Å². The molecule has 0 bridgehead atoms. The normalized spacial score (nSPS) is 15.2. The van der Waals surface area contributed by atoms with E-state index in [1.165, 1.54) is 0 Å². The van der Waals surface area contributed by atoms with Crippen molar-refractivity contribution in [1.82, 2.24) is 0 Å². The highest BCUT2D eigenvalue weighted by Crippen LogP contribution is 2.23. The highest BCUT2D eigenvalue weighted by molar-refractivity contribution is 9.10. The van der Waals surface area contributed by atoms with Gasteiger partial charge < -0.3 is 5.11 Å². The summed E-state index contributed by atoms with van der Waals surface area (Å²) in [6, 6.07) is 6.95. The minimum absolute atomic E-state index is 0.134. The molecule has 1 amide bonds. The van der Waals surface area contributed by atoms with E-state index in [9.17, 15) is 9.59 Å². The monoisotopic (exact) mass is 282 g/mol. The van der Waals surface area contributed by atoms with Gasteiger partial charge in [-0.1, -0.05) is 22.0 Å². The number of hydrogen-bond donors (Lipinski definition) is 1. The minimum Gasteiger partial charge on any atom is -0.477 e. The zero-order valence-corrected chi connectivity index (χ0v) is 9.64. The Morgan fingerprint density at radius 2 is 2.25 bits per heavy atom. The second kappa shape index (κ2) is 4.05. The Balaban J connectivity index is 2.35. The van der Waals surface area contributed by atoms with E-state index in [4.69, 9.17) is 5.11 Å². The number of rotatable bonds is 2. The first-order valence-corrected chi connectivity index (χ1v) is 5.26. The lowest BCUT2D eigenvalue weighted by atomic mass is 10.2. The third-order valence-corrected chi connectivity index (χ3v) is 2.57. The smallest absolute Gasteiger partial charge is 0.352 e. The maximum atomic E-state index is 11.5. The van der Waals surface area contributed by atoms with Crippen LogP contribution in [0.1, 0.15) is 6.42 Å². The van der Waals surface area contributed by atoms with E-state index in [1.54, 1.807) is 18.2 Å². The lowest BCUT2D eigenvalue weighted by Gasteiger charge is -2.11. The SMILES string of the molecule is O=C(O)C1=NN(c2cccc(Br)c2)C(=O)C1. The molecule has 1 aromatic carbocycles. The summed E-state index contributed by atoms with van der Waals surface area (Å²) >= 11 is 3.27. The van der Waals surface area contributed by atoms with Crippen molar-refractivity contribution in [2.24, 2.45) is 5.10 Å². The number of benzene rings is 1. The van der Waals surface area contributed by atoms with Crippen LogP contribution >= 0.6 is 15.9 Å². The molecule has 82 valence electrons. The zero-order valence-electron chi connectivity index (χ0n) is 8.05. The third-order valence-electron chi connectivity index (χ3n) is 2.08. The van der Waals surface area contributed by atoms with Gasteiger partial charge in [0.05, 0.1) is 12.1 Å². The topological polar surface area (TPSA) is 70.0 Å². The first-order chi connectivity index (χ1) is 7.58. The van der Waals surface area contributed by atoms with Crippen LogP contribution in [0.3, 0.4) is 0 Å². The molecule has 2 rings (SSSR count). The Morgan fingerprint density at radius 3 is 2.81 bits per heavy atom. The summed E-state index contributed by atoms with van der Waals surface area (Å²) < 4.78 is 0.803. The van der Waals surface area contributed by atoms with E-state index in [-0.39, 0.29) is 18.0 Å². The van der Waals surface area contributed by atoms with Crippen LogP contribution < -0.4 is 5.01 Å². The van der Waals surface area contributed by atoms with Crippen molar-refractivity contribution in [3.8, 4) is 0 Å². The van der Waals surface area contributed by atoms with Crippen molar-refractivity contribution in [3.05, 3.63) is 28.7 Å². The first kappa shape index (κ1) is 10.8. The standard InChI is InChI=1S/C10H7BrN2O3/c11-6-2-1-3-7(4-6)13-9(14)5-8(12-13)10(15)16/h1-4H,5H2,(H,15,16). The molecule has 0 unspecified atom stereocenters. The molecule has 0 aliphatic carbocycles. The number of carbonyl (C=O) groups is 2. The zero-order chi connectivity index (χ0) is 11.7. The second-order valence-electron chi connectivity index (χ2n) is 3.21. The molecule has 1 aromatic rings. The second-order valence-corrected chi connectivity index (χ2v) is 4.13. The summed E-state index contributed by atoms with van der Waals surface area (Å²) in [5, 5.41) is 13.6. The fourth-order valence-corrected chi connectivity index (χ4v) is 1.75. The van der Waals surface area contributed by atoms with Gasteiger partial charge in [-0.15, -0.1) is 0 Å². The van der Waals surface area contributed by atoms with Crippen molar-refractivity contribution < 1.29 is 14.7 Å². The molecule has 1 aliphatic heterocycles. The average molecular weight is 283 g/mol. The van der Waals surface area contributed by atoms with Gasteiger partial charge in [-0.2, -0.15) is 10.1 Å². The van der Waals surface area contributed by atoms with Crippen LogP contribution in [0.2, 0.25) is 0 Å². The van der Waals surface area contributed by atoms with E-state index >= 15 is 0 Å². The predicted octanol–water partition coefficient (Wildman–Crippen LogP) is 1.63. The molecule has 1 heterocycles. The summed E-state index contributed by atoms with van der Waals surface area (Å²) in [4.78, 5) is 22.2. The van der Waals surface area contributed by atoms with E-state index in [2.05, 4.69) is 21.0 Å². The molecule has 0 spiro atoms. The van der Waals surface area contributed by atoms with Gasteiger partial charge in [0, 0.05) is 4.47 Å². The Kier molecular flexibility index (Phi) is 2.74. The third kappa shape index (κ3) is 1.96. The van der Waals surface area contributed by atoms with Gasteiger partial charge in [0.15, 0.2) is 5.71 Å². The van der Waals surface area contributed by atoms with Crippen molar-refractivity contribution in [3.63, 3.8) is 0 Å². The molecule has 5 nitrogen and oxygen atoms in total. The number of carboxylic acids is 1. The molecule has 6 heteroatoms. The summed E-state index contributed by atoms with van der Waals surface area (Å²) in [6.45, 7) is 0. The Labute approximate surface area is 99.5 Å². The summed E-state index contributed by atoms with van der Waals surface area (Å²) in [6.07, 6.45) is -0.165. The van der Waals surface area contributed by atoms with E-state index in [0.29, 0.717) is 5.69 Å². The van der Waals surface area contributed by atoms with Crippen LogP contribution in [-0.2, 0) is 9.59 Å². The largest absolute Gasteiger partial charge is 0.477 e. The van der Waals surface area contributed by atoms with Gasteiger partial charge >= 0.3 is 5.97 Å². The fraction of sp³-hybridized carbons (Fsp3) is 0.100. The highest BCUT2D eigenvalue weighted by atomic mass is 79.9. The van der Waals surface area contributed by atoms with Gasteiger partial charge in [0.25, 0.3) is 5.91 Å². The number of hydrogen-bond acceptors (Lipinski definition) is 3. The van der Waals surface area contributed by atoms with Crippen LogP contribution in [0.25, 0.3) is 0 Å². The average Bonchev–Trinajstić information content (AvgIpc) is 2.60.